The molecule has 0 fully saturated rings. The third-order valence-corrected chi connectivity index (χ3v) is 2.56. The first-order valence-corrected chi connectivity index (χ1v) is 5.22. The average molecular weight is 235 g/mol. The molecule has 2 aromatic rings. The molecule has 2 nitrogen and oxygen atoms in total. The van der Waals surface area contributed by atoms with Gasteiger partial charge < -0.3 is 0 Å². The number of nitrogens with zero attached hydrogens (tertiary/aromatic N) is 1. The standard InChI is InChI=1S/C12H10FNOS/c13-8-9-5-6-14(12(15)7-9)10-1-3-11(16)4-2-10/h1-7,16H,8H2. The zero-order valence-electron chi connectivity index (χ0n) is 8.43. The smallest absolute Gasteiger partial charge is 0.255 e. The zero-order valence-corrected chi connectivity index (χ0v) is 9.32. The molecule has 0 aliphatic carbocycles. The van der Waals surface area contributed by atoms with E-state index in [-0.39, 0.29) is 5.56 Å². The summed E-state index contributed by atoms with van der Waals surface area (Å²) in [4.78, 5) is 12.5. The van der Waals surface area contributed by atoms with E-state index in [4.69, 9.17) is 0 Å². The largest absolute Gasteiger partial charge is 0.284 e. The van der Waals surface area contributed by atoms with E-state index in [9.17, 15) is 9.18 Å². The van der Waals surface area contributed by atoms with Crippen LogP contribution in [0.5, 0.6) is 0 Å². The molecule has 4 heteroatoms. The molecule has 0 unspecified atom stereocenters. The topological polar surface area (TPSA) is 22.0 Å². The fourth-order valence-electron chi connectivity index (χ4n) is 1.43. The minimum Gasteiger partial charge on any atom is -0.284 e. The summed E-state index contributed by atoms with van der Waals surface area (Å²) in [5.74, 6) is 0. The third kappa shape index (κ3) is 2.17. The Hall–Kier alpha value is -1.55. The molecule has 1 aromatic carbocycles. The van der Waals surface area contributed by atoms with E-state index in [2.05, 4.69) is 12.6 Å². The molecular weight excluding hydrogens is 225 g/mol. The molecule has 82 valence electrons. The maximum absolute atomic E-state index is 12.3. The fourth-order valence-corrected chi connectivity index (χ4v) is 1.58. The molecule has 0 bridgehead atoms. The Balaban J connectivity index is 2.48. The van der Waals surface area contributed by atoms with Crippen LogP contribution in [0.1, 0.15) is 5.56 Å². The van der Waals surface area contributed by atoms with Gasteiger partial charge in [-0.1, -0.05) is 0 Å². The lowest BCUT2D eigenvalue weighted by Crippen LogP contribution is -2.16. The SMILES string of the molecule is O=c1cc(CF)ccn1-c1ccc(S)cc1. The highest BCUT2D eigenvalue weighted by Gasteiger charge is 2.00. The fraction of sp³-hybridized carbons (Fsp3) is 0.0833. The van der Waals surface area contributed by atoms with Gasteiger partial charge in [0.05, 0.1) is 0 Å². The van der Waals surface area contributed by atoms with E-state index >= 15 is 0 Å². The van der Waals surface area contributed by atoms with Crippen molar-refractivity contribution in [1.29, 1.82) is 0 Å². The number of hydrogen-bond acceptors (Lipinski definition) is 2. The minimum atomic E-state index is -0.619. The van der Waals surface area contributed by atoms with Gasteiger partial charge in [0, 0.05) is 22.8 Å². The van der Waals surface area contributed by atoms with Gasteiger partial charge in [0.25, 0.3) is 5.56 Å². The Morgan fingerprint density at radius 1 is 1.19 bits per heavy atom. The first-order chi connectivity index (χ1) is 7.70. The maximum Gasteiger partial charge on any atom is 0.255 e. The van der Waals surface area contributed by atoms with Crippen LogP contribution >= 0.6 is 12.6 Å². The molecule has 0 saturated heterocycles. The van der Waals surface area contributed by atoms with Crippen molar-refractivity contribution in [2.24, 2.45) is 0 Å². The summed E-state index contributed by atoms with van der Waals surface area (Å²) in [5, 5.41) is 0. The van der Waals surface area contributed by atoms with Crippen molar-refractivity contribution in [3.05, 3.63) is 58.5 Å². The van der Waals surface area contributed by atoms with Crippen LogP contribution in [0.3, 0.4) is 0 Å². The number of halogens is 1. The Morgan fingerprint density at radius 2 is 1.88 bits per heavy atom. The van der Waals surface area contributed by atoms with Gasteiger partial charge >= 0.3 is 0 Å². The van der Waals surface area contributed by atoms with Crippen molar-refractivity contribution >= 4 is 12.6 Å². The van der Waals surface area contributed by atoms with Crippen LogP contribution in [-0.4, -0.2) is 4.57 Å². The van der Waals surface area contributed by atoms with Gasteiger partial charge in [0.2, 0.25) is 0 Å². The Kier molecular flexibility index (Phi) is 3.10. The maximum atomic E-state index is 12.3. The lowest BCUT2D eigenvalue weighted by Gasteiger charge is -2.05. The molecule has 2 rings (SSSR count). The molecule has 0 aliphatic heterocycles. The van der Waals surface area contributed by atoms with Gasteiger partial charge in [-0.2, -0.15) is 0 Å². The van der Waals surface area contributed by atoms with Gasteiger partial charge in [-0.3, -0.25) is 9.36 Å². The summed E-state index contributed by atoms with van der Waals surface area (Å²) in [6.45, 7) is -0.619. The minimum absolute atomic E-state index is 0.234. The van der Waals surface area contributed by atoms with E-state index in [1.54, 1.807) is 36.5 Å². The Morgan fingerprint density at radius 3 is 2.44 bits per heavy atom. The van der Waals surface area contributed by atoms with Gasteiger partial charge in [0.15, 0.2) is 0 Å². The highest BCUT2D eigenvalue weighted by Crippen LogP contribution is 2.10. The average Bonchev–Trinajstić information content (AvgIpc) is 2.30. The number of benzene rings is 1. The van der Waals surface area contributed by atoms with E-state index in [1.165, 1.54) is 10.6 Å². The van der Waals surface area contributed by atoms with Crippen molar-refractivity contribution in [3.8, 4) is 5.69 Å². The molecule has 0 atom stereocenters. The molecule has 0 N–H and O–H groups in total. The van der Waals surface area contributed by atoms with Gasteiger partial charge in [-0.25, -0.2) is 4.39 Å². The second kappa shape index (κ2) is 4.53. The van der Waals surface area contributed by atoms with E-state index < -0.39 is 6.67 Å². The molecule has 1 heterocycles. The number of hydrogen-bond donors (Lipinski definition) is 1. The van der Waals surface area contributed by atoms with Crippen LogP contribution in [0.2, 0.25) is 0 Å². The number of rotatable bonds is 2. The van der Waals surface area contributed by atoms with Gasteiger partial charge in [0.1, 0.15) is 6.67 Å². The summed E-state index contributed by atoms with van der Waals surface area (Å²) in [6, 6.07) is 10.1. The lowest BCUT2D eigenvalue weighted by molar-refractivity contribution is 0.484. The van der Waals surface area contributed by atoms with Gasteiger partial charge in [-0.15, -0.1) is 12.6 Å². The predicted octanol–water partition coefficient (Wildman–Crippen LogP) is 2.60. The van der Waals surface area contributed by atoms with Crippen LogP contribution in [0.4, 0.5) is 4.39 Å². The third-order valence-electron chi connectivity index (χ3n) is 2.27. The van der Waals surface area contributed by atoms with Crippen LogP contribution in [0.25, 0.3) is 5.69 Å². The number of aromatic nitrogens is 1. The Labute approximate surface area is 97.8 Å². The summed E-state index contributed by atoms with van der Waals surface area (Å²) in [6.07, 6.45) is 1.57. The zero-order chi connectivity index (χ0) is 11.5. The van der Waals surface area contributed by atoms with Crippen LogP contribution in [0.15, 0.2) is 52.3 Å². The normalized spacial score (nSPS) is 10.4. The van der Waals surface area contributed by atoms with Crippen molar-refractivity contribution in [2.75, 3.05) is 0 Å². The quantitative estimate of drug-likeness (QED) is 0.794. The molecule has 16 heavy (non-hydrogen) atoms. The highest BCUT2D eigenvalue weighted by atomic mass is 32.1. The first kappa shape index (κ1) is 11.0. The lowest BCUT2D eigenvalue weighted by atomic mass is 10.2. The van der Waals surface area contributed by atoms with Crippen LogP contribution in [-0.2, 0) is 6.67 Å². The monoisotopic (exact) mass is 235 g/mol. The number of pyridine rings is 1. The summed E-state index contributed by atoms with van der Waals surface area (Å²) < 4.78 is 13.8. The second-order valence-corrected chi connectivity index (χ2v) is 3.91. The van der Waals surface area contributed by atoms with Crippen LogP contribution in [0, 0.1) is 0 Å². The molecule has 1 aromatic heterocycles. The second-order valence-electron chi connectivity index (χ2n) is 3.39. The van der Waals surface area contributed by atoms with Gasteiger partial charge in [-0.05, 0) is 35.9 Å². The van der Waals surface area contributed by atoms with E-state index in [1.807, 2.05) is 0 Å². The highest BCUT2D eigenvalue weighted by molar-refractivity contribution is 7.80. The first-order valence-electron chi connectivity index (χ1n) is 4.77. The summed E-state index contributed by atoms with van der Waals surface area (Å²) in [5.41, 5.74) is 0.905. The van der Waals surface area contributed by atoms with E-state index in [0.717, 1.165) is 10.6 Å². The van der Waals surface area contributed by atoms with Crippen molar-refractivity contribution in [2.45, 2.75) is 11.6 Å². The summed E-state index contributed by atoms with van der Waals surface area (Å²) in [7, 11) is 0. The predicted molar refractivity (Wildman–Crippen MR) is 64.1 cm³/mol. The van der Waals surface area contributed by atoms with Crippen molar-refractivity contribution < 1.29 is 4.39 Å². The molecule has 0 amide bonds. The molecule has 0 radical (unpaired) electrons. The van der Waals surface area contributed by atoms with Crippen molar-refractivity contribution in [1.82, 2.24) is 4.57 Å². The molecule has 0 spiro atoms. The van der Waals surface area contributed by atoms with Crippen molar-refractivity contribution in [3.63, 3.8) is 0 Å². The molecule has 0 saturated carbocycles. The summed E-state index contributed by atoms with van der Waals surface area (Å²) >= 11 is 4.16. The molecule has 0 aliphatic rings. The van der Waals surface area contributed by atoms with E-state index in [0.29, 0.717) is 5.56 Å². The van der Waals surface area contributed by atoms with Crippen LogP contribution < -0.4 is 5.56 Å². The number of alkyl halides is 1. The Bertz CT molecular complexity index is 548. The molecular formula is C12H10FNOS. The number of thiol groups is 1.